The molecule has 0 atom stereocenters. The summed E-state index contributed by atoms with van der Waals surface area (Å²) in [5, 5.41) is 1.51. The monoisotopic (exact) mass is 403 g/mol. The van der Waals surface area contributed by atoms with Gasteiger partial charge in [-0.15, -0.1) is 11.3 Å². The van der Waals surface area contributed by atoms with Crippen LogP contribution in [-0.2, 0) is 16.2 Å². The molecule has 1 aromatic heterocycles. The van der Waals surface area contributed by atoms with Crippen LogP contribution >= 0.6 is 27.3 Å². The topological polar surface area (TPSA) is 46.2 Å². The van der Waals surface area contributed by atoms with Crippen molar-refractivity contribution in [1.29, 1.82) is 0 Å². The lowest BCUT2D eigenvalue weighted by Crippen LogP contribution is -2.14. The van der Waals surface area contributed by atoms with E-state index in [0.29, 0.717) is 0 Å². The molecule has 1 heterocycles. The maximum absolute atomic E-state index is 13.7. The van der Waals surface area contributed by atoms with Crippen LogP contribution in [0.5, 0.6) is 0 Å². The first kappa shape index (κ1) is 16.2. The second kappa shape index (κ2) is 5.58. The number of hydrogen-bond acceptors (Lipinski definition) is 3. The third-order valence-electron chi connectivity index (χ3n) is 2.37. The molecular weight excluding hydrogens is 398 g/mol. The minimum Gasteiger partial charge on any atom is -0.276 e. The normalized spacial score (nSPS) is 12.4. The number of rotatable bonds is 3. The summed E-state index contributed by atoms with van der Waals surface area (Å²) in [4.78, 5) is 0. The van der Waals surface area contributed by atoms with E-state index < -0.39 is 37.7 Å². The van der Waals surface area contributed by atoms with Gasteiger partial charge >= 0.3 is 6.18 Å². The number of hydrogen-bond donors (Lipinski definition) is 1. The van der Waals surface area contributed by atoms with Crippen molar-refractivity contribution in [1.82, 2.24) is 0 Å². The summed E-state index contributed by atoms with van der Waals surface area (Å²) in [5.74, 6) is -1.31. The Morgan fingerprint density at radius 1 is 1.24 bits per heavy atom. The molecule has 0 fully saturated rings. The van der Waals surface area contributed by atoms with Crippen LogP contribution in [0.1, 0.15) is 5.56 Å². The molecular formula is C11H6BrF4NO2S2. The molecule has 0 unspecified atom stereocenters. The molecule has 1 aromatic carbocycles. The maximum atomic E-state index is 13.7. The van der Waals surface area contributed by atoms with Crippen molar-refractivity contribution >= 4 is 43.0 Å². The summed E-state index contributed by atoms with van der Waals surface area (Å²) < 4.78 is 76.6. The van der Waals surface area contributed by atoms with E-state index in [9.17, 15) is 26.0 Å². The zero-order chi connectivity index (χ0) is 15.8. The fraction of sp³-hybridized carbons (Fsp3) is 0.0909. The third kappa shape index (κ3) is 3.55. The van der Waals surface area contributed by atoms with Crippen LogP contribution in [0.4, 0.5) is 23.2 Å². The quantitative estimate of drug-likeness (QED) is 0.768. The molecule has 10 heteroatoms. The molecule has 0 aliphatic carbocycles. The average molecular weight is 404 g/mol. The van der Waals surface area contributed by atoms with Crippen LogP contribution in [0.3, 0.4) is 0 Å². The summed E-state index contributed by atoms with van der Waals surface area (Å²) in [6.45, 7) is 0. The zero-order valence-electron chi connectivity index (χ0n) is 9.91. The minimum absolute atomic E-state index is 0.0714. The first-order valence-electron chi connectivity index (χ1n) is 5.24. The number of nitrogens with one attached hydrogen (secondary N) is 1. The Hall–Kier alpha value is -1.13. The van der Waals surface area contributed by atoms with Gasteiger partial charge in [0, 0.05) is 4.47 Å². The van der Waals surface area contributed by atoms with Crippen LogP contribution in [0.2, 0.25) is 0 Å². The number of sulfonamides is 1. The van der Waals surface area contributed by atoms with Crippen LogP contribution < -0.4 is 4.72 Å². The summed E-state index contributed by atoms with van der Waals surface area (Å²) in [5.41, 5.74) is -1.79. The number of anilines is 1. The molecule has 0 aliphatic heterocycles. The van der Waals surface area contributed by atoms with Gasteiger partial charge in [0.05, 0.1) is 11.3 Å². The molecule has 3 nitrogen and oxygen atoms in total. The average Bonchev–Trinajstić information content (AvgIpc) is 2.86. The summed E-state index contributed by atoms with van der Waals surface area (Å²) in [6.07, 6.45) is -4.75. The Labute approximate surface area is 129 Å². The summed E-state index contributed by atoms with van der Waals surface area (Å²) in [7, 11) is -4.03. The van der Waals surface area contributed by atoms with Crippen molar-refractivity contribution in [2.24, 2.45) is 0 Å². The van der Waals surface area contributed by atoms with Crippen LogP contribution in [0, 0.1) is 5.82 Å². The Morgan fingerprint density at radius 3 is 2.43 bits per heavy atom. The first-order valence-corrected chi connectivity index (χ1v) is 8.39. The molecule has 2 aromatic rings. The van der Waals surface area contributed by atoms with Gasteiger partial charge < -0.3 is 0 Å². The highest BCUT2D eigenvalue weighted by Gasteiger charge is 2.34. The Bertz CT molecular complexity index is 757. The maximum Gasteiger partial charge on any atom is 0.417 e. The molecule has 0 radical (unpaired) electrons. The van der Waals surface area contributed by atoms with E-state index in [1.807, 2.05) is 4.72 Å². The van der Waals surface area contributed by atoms with Gasteiger partial charge in [-0.3, -0.25) is 4.72 Å². The number of thiophene rings is 1. The Morgan fingerprint density at radius 2 is 1.90 bits per heavy atom. The zero-order valence-corrected chi connectivity index (χ0v) is 13.1. The molecule has 1 N–H and O–H groups in total. The molecule has 0 amide bonds. The fourth-order valence-electron chi connectivity index (χ4n) is 1.45. The van der Waals surface area contributed by atoms with Gasteiger partial charge in [-0.25, -0.2) is 12.8 Å². The van der Waals surface area contributed by atoms with E-state index in [0.717, 1.165) is 17.4 Å². The van der Waals surface area contributed by atoms with Gasteiger partial charge in [0.1, 0.15) is 10.0 Å². The lowest BCUT2D eigenvalue weighted by atomic mass is 10.2. The van der Waals surface area contributed by atoms with Gasteiger partial charge in [0.25, 0.3) is 10.0 Å². The van der Waals surface area contributed by atoms with E-state index in [2.05, 4.69) is 15.9 Å². The van der Waals surface area contributed by atoms with Crippen molar-refractivity contribution in [3.8, 4) is 0 Å². The Balaban J connectivity index is 2.41. The van der Waals surface area contributed by atoms with Crippen LogP contribution in [0.25, 0.3) is 0 Å². The van der Waals surface area contributed by atoms with Crippen molar-refractivity contribution in [2.75, 3.05) is 4.72 Å². The second-order valence-electron chi connectivity index (χ2n) is 3.85. The van der Waals surface area contributed by atoms with E-state index >= 15 is 0 Å². The van der Waals surface area contributed by atoms with Gasteiger partial charge in [-0.05, 0) is 23.6 Å². The lowest BCUT2D eigenvalue weighted by Gasteiger charge is -2.13. The lowest BCUT2D eigenvalue weighted by molar-refractivity contribution is -0.138. The van der Waals surface area contributed by atoms with Crippen molar-refractivity contribution in [3.05, 3.63) is 45.5 Å². The van der Waals surface area contributed by atoms with Gasteiger partial charge in [0.2, 0.25) is 0 Å². The van der Waals surface area contributed by atoms with E-state index in [-0.39, 0.29) is 10.3 Å². The van der Waals surface area contributed by atoms with Crippen molar-refractivity contribution < 1.29 is 26.0 Å². The SMILES string of the molecule is O=S(=O)(Nc1cc(Br)c(C(F)(F)F)cc1F)c1cccs1. The summed E-state index contributed by atoms with van der Waals surface area (Å²) in [6, 6.07) is 3.75. The third-order valence-corrected chi connectivity index (χ3v) is 5.79. The standard InChI is InChI=1S/C11H6BrF4NO2S2/c12-7-5-9(8(13)4-6(7)11(14,15)16)17-21(18,19)10-2-1-3-20-10/h1-5,17H. The molecule has 0 saturated heterocycles. The highest BCUT2D eigenvalue weighted by molar-refractivity contribution is 9.10. The predicted molar refractivity (Wildman–Crippen MR) is 74.2 cm³/mol. The number of halogens is 5. The van der Waals surface area contributed by atoms with Crippen molar-refractivity contribution in [2.45, 2.75) is 10.4 Å². The molecule has 21 heavy (non-hydrogen) atoms. The van der Waals surface area contributed by atoms with Crippen LogP contribution in [-0.4, -0.2) is 8.42 Å². The smallest absolute Gasteiger partial charge is 0.276 e. The van der Waals surface area contributed by atoms with Gasteiger partial charge in [-0.1, -0.05) is 22.0 Å². The first-order chi connectivity index (χ1) is 9.61. The Kier molecular flexibility index (Phi) is 4.31. The molecule has 0 saturated carbocycles. The molecule has 0 bridgehead atoms. The molecule has 0 aliphatic rings. The van der Waals surface area contributed by atoms with E-state index in [4.69, 9.17) is 0 Å². The number of benzene rings is 1. The van der Waals surface area contributed by atoms with Gasteiger partial charge in [0.15, 0.2) is 0 Å². The molecule has 0 spiro atoms. The fourth-order valence-corrected chi connectivity index (χ4v) is 4.07. The summed E-state index contributed by atoms with van der Waals surface area (Å²) >= 11 is 3.56. The molecule has 2 rings (SSSR count). The van der Waals surface area contributed by atoms with Crippen LogP contribution in [0.15, 0.2) is 38.3 Å². The minimum atomic E-state index is -4.75. The second-order valence-corrected chi connectivity index (χ2v) is 7.56. The van der Waals surface area contributed by atoms with Gasteiger partial charge in [-0.2, -0.15) is 13.2 Å². The molecule has 114 valence electrons. The largest absolute Gasteiger partial charge is 0.417 e. The highest BCUT2D eigenvalue weighted by Crippen LogP contribution is 2.37. The highest BCUT2D eigenvalue weighted by atomic mass is 79.9. The van der Waals surface area contributed by atoms with E-state index in [1.54, 1.807) is 0 Å². The predicted octanol–water partition coefficient (Wildman–Crippen LogP) is 4.47. The van der Waals surface area contributed by atoms with E-state index in [1.165, 1.54) is 17.5 Å². The van der Waals surface area contributed by atoms with Crippen molar-refractivity contribution in [3.63, 3.8) is 0 Å². The number of alkyl halides is 3.